The van der Waals surface area contributed by atoms with E-state index >= 15 is 0 Å². The van der Waals surface area contributed by atoms with Gasteiger partial charge in [-0.15, -0.1) is 0 Å². The predicted octanol–water partition coefficient (Wildman–Crippen LogP) is 4.21. The maximum atomic E-state index is 11.0. The maximum absolute atomic E-state index is 11.0. The van der Waals surface area contributed by atoms with Crippen LogP contribution in [0.3, 0.4) is 0 Å². The summed E-state index contributed by atoms with van der Waals surface area (Å²) in [5, 5.41) is 9.03. The van der Waals surface area contributed by atoms with Crippen LogP contribution in [0.1, 0.15) is 10.4 Å². The Labute approximate surface area is 113 Å². The summed E-state index contributed by atoms with van der Waals surface area (Å²) in [6, 6.07) is 9.35. The van der Waals surface area contributed by atoms with Crippen LogP contribution in [0.25, 0.3) is 0 Å². The fraction of sp³-hybridized carbons (Fsp3) is 0.100. The molecule has 1 atom stereocenters. The van der Waals surface area contributed by atoms with Crippen LogP contribution in [-0.4, -0.2) is 11.1 Å². The molecule has 0 bridgehead atoms. The van der Waals surface area contributed by atoms with Crippen molar-refractivity contribution < 1.29 is 9.90 Å². The highest BCUT2D eigenvalue weighted by Gasteiger charge is 2.21. The Kier molecular flexibility index (Phi) is 5.02. The summed E-state index contributed by atoms with van der Waals surface area (Å²) in [7, 11) is 0. The number of hydrogen-bond acceptors (Lipinski definition) is 1. The van der Waals surface area contributed by atoms with Gasteiger partial charge in [0.05, 0.1) is 13.8 Å². The highest BCUT2D eigenvalue weighted by Crippen LogP contribution is 2.36. The molecule has 0 aliphatic rings. The fourth-order valence-corrected chi connectivity index (χ4v) is 3.22. The van der Waals surface area contributed by atoms with Gasteiger partial charge in [-0.1, -0.05) is 46.3 Å². The molecule has 1 rings (SSSR count). The van der Waals surface area contributed by atoms with Gasteiger partial charge in [0, 0.05) is 0 Å². The second-order valence-electron chi connectivity index (χ2n) is 2.75. The molecule has 0 spiro atoms. The molecule has 0 heterocycles. The van der Waals surface area contributed by atoms with Crippen molar-refractivity contribution in [2.24, 2.45) is 0 Å². The quantitative estimate of drug-likeness (QED) is 0.611. The molecule has 15 heavy (non-hydrogen) atoms. The van der Waals surface area contributed by atoms with E-state index in [1.165, 1.54) is 0 Å². The molecule has 0 aliphatic carbocycles. The summed E-state index contributed by atoms with van der Waals surface area (Å²) in [6.07, 6.45) is 0. The third-order valence-electron chi connectivity index (χ3n) is 1.78. The Morgan fingerprint density at radius 1 is 1.20 bits per heavy atom. The van der Waals surface area contributed by atoms with E-state index in [0.29, 0.717) is 3.39 Å². The highest BCUT2D eigenvalue weighted by molar-refractivity contribution is 9.28. The molecule has 1 unspecified atom stereocenters. The molecule has 2 nitrogen and oxygen atoms in total. The number of benzene rings is 1. The number of rotatable bonds is 3. The lowest BCUT2D eigenvalue weighted by Crippen LogP contribution is -2.07. The molecule has 80 valence electrons. The minimum atomic E-state index is -0.968. The van der Waals surface area contributed by atoms with Gasteiger partial charge in [-0.2, -0.15) is 0 Å². The molecule has 1 aromatic carbocycles. The summed E-state index contributed by atoms with van der Waals surface area (Å²) in [4.78, 5) is 10.7. The van der Waals surface area contributed by atoms with Crippen molar-refractivity contribution in [2.75, 3.05) is 0 Å². The Morgan fingerprint density at radius 3 is 2.13 bits per heavy atom. The minimum absolute atomic E-state index is 0.237. The van der Waals surface area contributed by atoms with Crippen LogP contribution in [0, 0.1) is 0 Å². The van der Waals surface area contributed by atoms with Crippen LogP contribution in [0.5, 0.6) is 0 Å². The third kappa shape index (κ3) is 3.43. The van der Waals surface area contributed by atoms with Crippen molar-refractivity contribution in [2.45, 2.75) is 4.83 Å². The summed E-state index contributed by atoms with van der Waals surface area (Å²) >= 11 is 9.60. The first-order chi connectivity index (χ1) is 7.04. The molecule has 1 N–H and O–H groups in total. The average Bonchev–Trinajstić information content (AvgIpc) is 2.18. The largest absolute Gasteiger partial charge is 0.478 e. The van der Waals surface area contributed by atoms with E-state index in [0.717, 1.165) is 5.56 Å². The van der Waals surface area contributed by atoms with Gasteiger partial charge in [0.2, 0.25) is 0 Å². The lowest BCUT2D eigenvalue weighted by molar-refractivity contribution is -0.132. The van der Waals surface area contributed by atoms with Crippen LogP contribution in [0.2, 0.25) is 0 Å². The SMILES string of the molecule is O=C(O)C(=C(Br)Br)C(Br)c1ccccc1. The average molecular weight is 399 g/mol. The predicted molar refractivity (Wildman–Crippen MR) is 70.6 cm³/mol. The Bertz CT molecular complexity index is 383. The molecule has 0 saturated heterocycles. The second-order valence-corrected chi connectivity index (χ2v) is 6.32. The van der Waals surface area contributed by atoms with Gasteiger partial charge in [0.1, 0.15) is 0 Å². The van der Waals surface area contributed by atoms with Crippen LogP contribution in [0.15, 0.2) is 39.3 Å². The summed E-state index contributed by atoms with van der Waals surface area (Å²) in [6.45, 7) is 0. The van der Waals surface area contributed by atoms with Crippen LogP contribution < -0.4 is 0 Å². The molecular formula is C10H7Br3O2. The molecule has 0 amide bonds. The van der Waals surface area contributed by atoms with E-state index in [9.17, 15) is 4.79 Å². The summed E-state index contributed by atoms with van der Waals surface area (Å²) < 4.78 is 0.438. The normalized spacial score (nSPS) is 11.9. The van der Waals surface area contributed by atoms with Gasteiger partial charge >= 0.3 is 5.97 Å². The first-order valence-corrected chi connectivity index (χ1v) is 6.51. The molecule has 0 saturated carbocycles. The van der Waals surface area contributed by atoms with Gasteiger partial charge in [-0.3, -0.25) is 0 Å². The number of aliphatic carboxylic acids is 1. The first-order valence-electron chi connectivity index (χ1n) is 4.01. The molecular weight excluding hydrogens is 392 g/mol. The third-order valence-corrected chi connectivity index (χ3v) is 3.62. The summed E-state index contributed by atoms with van der Waals surface area (Å²) in [5.41, 5.74) is 1.13. The van der Waals surface area contributed by atoms with Crippen molar-refractivity contribution in [1.82, 2.24) is 0 Å². The molecule has 0 aliphatic heterocycles. The highest BCUT2D eigenvalue weighted by atomic mass is 79.9. The second kappa shape index (κ2) is 5.82. The number of alkyl halides is 1. The van der Waals surface area contributed by atoms with Gasteiger partial charge < -0.3 is 5.11 Å². The van der Waals surface area contributed by atoms with Gasteiger partial charge in [0.15, 0.2) is 0 Å². The van der Waals surface area contributed by atoms with E-state index in [1.54, 1.807) is 0 Å². The fourth-order valence-electron chi connectivity index (χ4n) is 1.07. The number of carboxylic acid groups (broad SMARTS) is 1. The van der Waals surface area contributed by atoms with Gasteiger partial charge in [-0.25, -0.2) is 4.79 Å². The lowest BCUT2D eigenvalue weighted by atomic mass is 10.1. The minimum Gasteiger partial charge on any atom is -0.478 e. The number of hydrogen-bond donors (Lipinski definition) is 1. The van der Waals surface area contributed by atoms with Crippen molar-refractivity contribution in [1.29, 1.82) is 0 Å². The standard InChI is InChI=1S/C10H7Br3O2/c11-8(6-4-2-1-3-5-6)7(9(12)13)10(14)15/h1-5,8H,(H,14,15). The smallest absolute Gasteiger partial charge is 0.334 e. The molecule has 5 heteroatoms. The molecule has 0 fully saturated rings. The zero-order chi connectivity index (χ0) is 11.4. The number of halogens is 3. The first kappa shape index (κ1) is 12.9. The van der Waals surface area contributed by atoms with Crippen molar-refractivity contribution in [3.63, 3.8) is 0 Å². The Balaban J connectivity index is 3.08. The zero-order valence-corrected chi connectivity index (χ0v) is 12.2. The van der Waals surface area contributed by atoms with Crippen molar-refractivity contribution >= 4 is 53.8 Å². The topological polar surface area (TPSA) is 37.3 Å². The van der Waals surface area contributed by atoms with Crippen LogP contribution in [0.4, 0.5) is 0 Å². The Morgan fingerprint density at radius 2 is 1.73 bits per heavy atom. The van der Waals surface area contributed by atoms with E-state index in [4.69, 9.17) is 5.11 Å². The van der Waals surface area contributed by atoms with Crippen LogP contribution >= 0.6 is 47.8 Å². The van der Waals surface area contributed by atoms with E-state index in [1.807, 2.05) is 30.3 Å². The number of carboxylic acids is 1. The van der Waals surface area contributed by atoms with E-state index in [2.05, 4.69) is 47.8 Å². The zero-order valence-electron chi connectivity index (χ0n) is 7.45. The van der Waals surface area contributed by atoms with E-state index in [-0.39, 0.29) is 10.4 Å². The summed E-state index contributed by atoms with van der Waals surface area (Å²) in [5.74, 6) is -0.968. The van der Waals surface area contributed by atoms with Gasteiger partial charge in [-0.05, 0) is 37.4 Å². The maximum Gasteiger partial charge on any atom is 0.334 e. The molecule has 0 radical (unpaired) electrons. The molecule has 1 aromatic rings. The number of carbonyl (C=O) groups is 1. The monoisotopic (exact) mass is 396 g/mol. The van der Waals surface area contributed by atoms with Crippen LogP contribution in [-0.2, 0) is 4.79 Å². The Hall–Kier alpha value is -0.130. The van der Waals surface area contributed by atoms with Gasteiger partial charge in [0.25, 0.3) is 0 Å². The van der Waals surface area contributed by atoms with E-state index < -0.39 is 5.97 Å². The molecule has 0 aromatic heterocycles. The lowest BCUT2D eigenvalue weighted by Gasteiger charge is -2.11. The van der Waals surface area contributed by atoms with Crippen molar-refractivity contribution in [3.8, 4) is 0 Å². The van der Waals surface area contributed by atoms with Crippen molar-refractivity contribution in [3.05, 3.63) is 44.9 Å².